The Hall–Kier alpha value is -3.37. The third kappa shape index (κ3) is 5.07. The van der Waals surface area contributed by atoms with Crippen LogP contribution in [-0.4, -0.2) is 39.5 Å². The summed E-state index contributed by atoms with van der Waals surface area (Å²) in [6.45, 7) is 4.76. The molecule has 8 nitrogen and oxygen atoms in total. The summed E-state index contributed by atoms with van der Waals surface area (Å²) < 4.78 is 12.4. The number of thioether (sulfide) groups is 1. The molecular formula is C24H24N4O4S2. The summed E-state index contributed by atoms with van der Waals surface area (Å²) in [6, 6.07) is 11.5. The molecule has 0 atom stereocenters. The van der Waals surface area contributed by atoms with Gasteiger partial charge in [0.1, 0.15) is 10.6 Å². The molecule has 0 aliphatic heterocycles. The van der Waals surface area contributed by atoms with Crippen molar-refractivity contribution in [1.82, 2.24) is 14.8 Å². The molecule has 34 heavy (non-hydrogen) atoms. The molecule has 0 bridgehead atoms. The number of furan rings is 1. The first-order valence-corrected chi connectivity index (χ1v) is 12.5. The Morgan fingerprint density at radius 2 is 2.00 bits per heavy atom. The molecular weight excluding hydrogens is 472 g/mol. The van der Waals surface area contributed by atoms with Crippen molar-refractivity contribution in [3.05, 3.63) is 59.2 Å². The number of nitrogens with zero attached hydrogens (tertiary/aromatic N) is 3. The number of amides is 1. The van der Waals surface area contributed by atoms with E-state index in [9.17, 15) is 9.59 Å². The number of rotatable bonds is 9. The van der Waals surface area contributed by atoms with Crippen LogP contribution in [0, 0.1) is 6.92 Å². The number of esters is 1. The number of nitrogens with one attached hydrogen (secondary N) is 1. The molecule has 4 aromatic rings. The lowest BCUT2D eigenvalue weighted by Crippen LogP contribution is -2.16. The number of aromatic nitrogens is 3. The predicted octanol–water partition coefficient (Wildman–Crippen LogP) is 5.50. The second-order valence-corrected chi connectivity index (χ2v) is 9.31. The molecule has 3 heterocycles. The molecule has 0 saturated heterocycles. The number of carbonyl (C=O) groups is 2. The van der Waals surface area contributed by atoms with Gasteiger partial charge in [0.2, 0.25) is 5.91 Å². The van der Waals surface area contributed by atoms with E-state index >= 15 is 0 Å². The summed E-state index contributed by atoms with van der Waals surface area (Å²) in [6.07, 6.45) is 2.47. The third-order valence-corrected chi connectivity index (χ3v) is 6.90. The standard InChI is InChI=1S/C24H24N4O4S2/c1-4-11-28-21(18-6-5-12-32-18)26-27-24(28)34-14-19(29)25-22-20(23(30)31-3)17(13-33-22)16-9-7-15(2)8-10-16/h5-10,12-13H,4,11,14H2,1-3H3,(H,25,29). The Morgan fingerprint density at radius 3 is 2.68 bits per heavy atom. The lowest BCUT2D eigenvalue weighted by molar-refractivity contribution is -0.113. The number of anilines is 1. The van der Waals surface area contributed by atoms with Gasteiger partial charge < -0.3 is 14.5 Å². The molecule has 0 fully saturated rings. The highest BCUT2D eigenvalue weighted by Crippen LogP contribution is 2.36. The maximum absolute atomic E-state index is 12.8. The van der Waals surface area contributed by atoms with E-state index in [1.54, 1.807) is 12.3 Å². The smallest absolute Gasteiger partial charge is 0.341 e. The quantitative estimate of drug-likeness (QED) is 0.241. The maximum atomic E-state index is 12.8. The van der Waals surface area contributed by atoms with Crippen molar-refractivity contribution in [2.45, 2.75) is 32.0 Å². The average Bonchev–Trinajstić information content (AvgIpc) is 3.58. The molecule has 0 unspecified atom stereocenters. The second-order valence-electron chi connectivity index (χ2n) is 7.48. The Kier molecular flexibility index (Phi) is 7.49. The van der Waals surface area contributed by atoms with Gasteiger partial charge in [-0.3, -0.25) is 9.36 Å². The number of thiophene rings is 1. The summed E-state index contributed by atoms with van der Waals surface area (Å²) in [5.41, 5.74) is 3.08. The second kappa shape index (κ2) is 10.7. The number of benzene rings is 1. The van der Waals surface area contributed by atoms with Crippen molar-refractivity contribution in [2.24, 2.45) is 0 Å². The van der Waals surface area contributed by atoms with Gasteiger partial charge in [-0.05, 0) is 31.0 Å². The van der Waals surface area contributed by atoms with Crippen LogP contribution in [0.5, 0.6) is 0 Å². The zero-order valence-corrected chi connectivity index (χ0v) is 20.7. The number of hydrogen-bond acceptors (Lipinski definition) is 8. The van der Waals surface area contributed by atoms with Crippen molar-refractivity contribution in [3.63, 3.8) is 0 Å². The first-order valence-electron chi connectivity index (χ1n) is 10.7. The van der Waals surface area contributed by atoms with Crippen molar-refractivity contribution in [3.8, 4) is 22.7 Å². The fraction of sp³-hybridized carbons (Fsp3) is 0.250. The third-order valence-electron chi connectivity index (χ3n) is 5.03. The Bertz CT molecular complexity index is 1280. The number of aryl methyl sites for hydroxylation is 1. The highest BCUT2D eigenvalue weighted by Gasteiger charge is 2.23. The van der Waals surface area contributed by atoms with E-state index in [1.165, 1.54) is 30.2 Å². The van der Waals surface area contributed by atoms with Gasteiger partial charge in [-0.15, -0.1) is 21.5 Å². The van der Waals surface area contributed by atoms with Gasteiger partial charge in [0.15, 0.2) is 16.7 Å². The molecule has 0 spiro atoms. The number of methoxy groups -OCH3 is 1. The van der Waals surface area contributed by atoms with Gasteiger partial charge in [0.25, 0.3) is 0 Å². The molecule has 4 rings (SSSR count). The van der Waals surface area contributed by atoms with E-state index in [1.807, 2.05) is 47.2 Å². The summed E-state index contributed by atoms with van der Waals surface area (Å²) in [4.78, 5) is 25.3. The van der Waals surface area contributed by atoms with Crippen LogP contribution in [0.25, 0.3) is 22.7 Å². The van der Waals surface area contributed by atoms with Crippen molar-refractivity contribution >= 4 is 40.0 Å². The Labute approximate surface area is 205 Å². The number of ether oxygens (including phenoxy) is 1. The fourth-order valence-corrected chi connectivity index (χ4v) is 5.14. The minimum atomic E-state index is -0.495. The van der Waals surface area contributed by atoms with Crippen LogP contribution < -0.4 is 5.32 Å². The van der Waals surface area contributed by atoms with Crippen molar-refractivity contribution in [2.75, 3.05) is 18.2 Å². The SMILES string of the molecule is CCCn1c(SCC(=O)Nc2scc(-c3ccc(C)cc3)c2C(=O)OC)nnc1-c1ccco1. The maximum Gasteiger partial charge on any atom is 0.341 e. The minimum Gasteiger partial charge on any atom is -0.465 e. The van der Waals surface area contributed by atoms with Crippen molar-refractivity contribution < 1.29 is 18.7 Å². The van der Waals surface area contributed by atoms with E-state index < -0.39 is 5.97 Å². The molecule has 3 aromatic heterocycles. The highest BCUT2D eigenvalue weighted by atomic mass is 32.2. The summed E-state index contributed by atoms with van der Waals surface area (Å²) >= 11 is 2.58. The van der Waals surface area contributed by atoms with Crippen LogP contribution in [0.1, 0.15) is 29.3 Å². The Morgan fingerprint density at radius 1 is 1.21 bits per heavy atom. The van der Waals surface area contributed by atoms with Crippen LogP contribution in [-0.2, 0) is 16.1 Å². The summed E-state index contributed by atoms with van der Waals surface area (Å²) in [5.74, 6) is 0.618. The highest BCUT2D eigenvalue weighted by molar-refractivity contribution is 7.99. The van der Waals surface area contributed by atoms with E-state index in [2.05, 4.69) is 22.4 Å². The van der Waals surface area contributed by atoms with Crippen LogP contribution >= 0.6 is 23.1 Å². The van der Waals surface area contributed by atoms with Crippen LogP contribution in [0.3, 0.4) is 0 Å². The average molecular weight is 497 g/mol. The fourth-order valence-electron chi connectivity index (χ4n) is 3.40. The van der Waals surface area contributed by atoms with Crippen LogP contribution in [0.4, 0.5) is 5.00 Å². The number of hydrogen-bond donors (Lipinski definition) is 1. The molecule has 0 aliphatic carbocycles. The van der Waals surface area contributed by atoms with E-state index in [0.717, 1.165) is 23.1 Å². The molecule has 0 radical (unpaired) electrons. The monoisotopic (exact) mass is 496 g/mol. The van der Waals surface area contributed by atoms with Crippen LogP contribution in [0.2, 0.25) is 0 Å². The molecule has 1 amide bonds. The van der Waals surface area contributed by atoms with E-state index in [4.69, 9.17) is 9.15 Å². The molecule has 0 aliphatic rings. The first kappa shape index (κ1) is 23.8. The van der Waals surface area contributed by atoms with Gasteiger partial charge in [-0.25, -0.2) is 4.79 Å². The first-order chi connectivity index (χ1) is 16.5. The molecule has 10 heteroatoms. The molecule has 1 N–H and O–H groups in total. The van der Waals surface area contributed by atoms with Gasteiger partial charge in [0.05, 0.1) is 19.1 Å². The van der Waals surface area contributed by atoms with E-state index in [-0.39, 0.29) is 11.7 Å². The number of carbonyl (C=O) groups excluding carboxylic acids is 2. The van der Waals surface area contributed by atoms with E-state index in [0.29, 0.717) is 33.9 Å². The van der Waals surface area contributed by atoms with Gasteiger partial charge in [-0.2, -0.15) is 0 Å². The summed E-state index contributed by atoms with van der Waals surface area (Å²) in [7, 11) is 1.33. The Balaban J connectivity index is 1.51. The van der Waals surface area contributed by atoms with Gasteiger partial charge in [0, 0.05) is 17.5 Å². The van der Waals surface area contributed by atoms with Crippen LogP contribution in [0.15, 0.2) is 57.6 Å². The summed E-state index contributed by atoms with van der Waals surface area (Å²) in [5, 5.41) is 14.3. The normalized spacial score (nSPS) is 10.9. The van der Waals surface area contributed by atoms with Crippen molar-refractivity contribution in [1.29, 1.82) is 0 Å². The lowest BCUT2D eigenvalue weighted by atomic mass is 10.0. The zero-order valence-electron chi connectivity index (χ0n) is 19.0. The minimum absolute atomic E-state index is 0.110. The lowest BCUT2D eigenvalue weighted by Gasteiger charge is -2.09. The largest absolute Gasteiger partial charge is 0.465 e. The zero-order chi connectivity index (χ0) is 24.1. The predicted molar refractivity (Wildman–Crippen MR) is 133 cm³/mol. The topological polar surface area (TPSA) is 99.2 Å². The molecule has 176 valence electrons. The van der Waals surface area contributed by atoms with Gasteiger partial charge in [-0.1, -0.05) is 48.5 Å². The molecule has 0 saturated carbocycles. The molecule has 1 aromatic carbocycles. The van der Waals surface area contributed by atoms with Gasteiger partial charge >= 0.3 is 5.97 Å².